The second-order valence-electron chi connectivity index (χ2n) is 2.84. The lowest BCUT2D eigenvalue weighted by molar-refractivity contribution is 0.527. The van der Waals surface area contributed by atoms with E-state index in [9.17, 15) is 4.39 Å². The van der Waals surface area contributed by atoms with Gasteiger partial charge in [0.05, 0.1) is 0 Å². The summed E-state index contributed by atoms with van der Waals surface area (Å²) in [7, 11) is 0. The topological polar surface area (TPSA) is 41.8 Å². The Morgan fingerprint density at radius 2 is 2.00 bits per heavy atom. The van der Waals surface area contributed by atoms with Crippen molar-refractivity contribution in [3.63, 3.8) is 0 Å². The Balaban J connectivity index is 2.18. The van der Waals surface area contributed by atoms with Crippen LogP contribution in [-0.2, 0) is 0 Å². The quantitative estimate of drug-likeness (QED) is 0.794. The maximum absolute atomic E-state index is 12.6. The van der Waals surface area contributed by atoms with Crippen molar-refractivity contribution < 1.29 is 8.81 Å². The van der Waals surface area contributed by atoms with Gasteiger partial charge in [-0.25, -0.2) is 9.49 Å². The van der Waals surface area contributed by atoms with Gasteiger partial charge in [0, 0.05) is 6.08 Å². The second kappa shape index (κ2) is 4.18. The van der Waals surface area contributed by atoms with E-state index in [0.29, 0.717) is 5.89 Å². The fourth-order valence-corrected chi connectivity index (χ4v) is 1.19. The number of H-pyrrole nitrogens is 1. The average Bonchev–Trinajstić information content (AvgIpc) is 2.64. The van der Waals surface area contributed by atoms with E-state index in [0.717, 1.165) is 5.56 Å². The lowest BCUT2D eigenvalue weighted by Gasteiger charge is -1.90. The van der Waals surface area contributed by atoms with Crippen LogP contribution in [0.5, 0.6) is 0 Å². The minimum atomic E-state index is -0.260. The number of benzene rings is 1. The molecule has 0 radical (unpaired) electrons. The summed E-state index contributed by atoms with van der Waals surface area (Å²) < 4.78 is 17.6. The van der Waals surface area contributed by atoms with Crippen LogP contribution in [0.3, 0.4) is 0 Å². The van der Waals surface area contributed by atoms with E-state index in [1.54, 1.807) is 24.3 Å². The van der Waals surface area contributed by atoms with Gasteiger partial charge in [-0.05, 0) is 36.0 Å². The first kappa shape index (κ1) is 9.79. The number of hydrogen-bond donors (Lipinski definition) is 1. The van der Waals surface area contributed by atoms with E-state index in [2.05, 4.69) is 10.2 Å². The van der Waals surface area contributed by atoms with Gasteiger partial charge in [-0.1, -0.05) is 12.1 Å². The van der Waals surface area contributed by atoms with Gasteiger partial charge >= 0.3 is 0 Å². The van der Waals surface area contributed by atoms with Crippen molar-refractivity contribution in [3.8, 4) is 0 Å². The second-order valence-corrected chi connectivity index (χ2v) is 3.21. The van der Waals surface area contributed by atoms with Crippen LogP contribution in [0.4, 0.5) is 4.39 Å². The molecule has 0 saturated carbocycles. The number of rotatable bonds is 2. The highest BCUT2D eigenvalue weighted by Gasteiger charge is 1.93. The summed E-state index contributed by atoms with van der Waals surface area (Å²) in [4.78, 5) is 0.230. The fourth-order valence-electron chi connectivity index (χ4n) is 1.05. The van der Waals surface area contributed by atoms with Crippen LogP contribution in [0.2, 0.25) is 0 Å². The normalized spacial score (nSPS) is 11.0. The molecule has 2 rings (SSSR count). The third-order valence-electron chi connectivity index (χ3n) is 1.74. The SMILES string of the molecule is Fc1ccc(/C=C/c2n[nH]c(=S)o2)cc1. The molecule has 1 heterocycles. The van der Waals surface area contributed by atoms with Gasteiger partial charge in [-0.3, -0.25) is 0 Å². The van der Waals surface area contributed by atoms with Gasteiger partial charge < -0.3 is 4.42 Å². The van der Waals surface area contributed by atoms with Gasteiger partial charge in [-0.2, -0.15) is 0 Å². The molecule has 15 heavy (non-hydrogen) atoms. The molecule has 0 aliphatic rings. The van der Waals surface area contributed by atoms with Gasteiger partial charge in [-0.15, -0.1) is 5.10 Å². The summed E-state index contributed by atoms with van der Waals surface area (Å²) in [5.41, 5.74) is 0.862. The molecule has 0 unspecified atom stereocenters. The number of aromatic amines is 1. The zero-order valence-electron chi connectivity index (χ0n) is 7.61. The molecule has 0 aliphatic heterocycles. The minimum absolute atomic E-state index is 0.230. The molecule has 76 valence electrons. The Bertz CT molecular complexity index is 527. The molecule has 0 saturated heterocycles. The Kier molecular flexibility index (Phi) is 2.73. The average molecular weight is 222 g/mol. The molecular formula is C10H7FN2OS. The molecule has 1 aromatic carbocycles. The van der Waals surface area contributed by atoms with Crippen molar-refractivity contribution in [2.45, 2.75) is 0 Å². The molecule has 1 N–H and O–H groups in total. The predicted octanol–water partition coefficient (Wildman–Crippen LogP) is 3.04. The number of aromatic nitrogens is 2. The largest absolute Gasteiger partial charge is 0.410 e. The van der Waals surface area contributed by atoms with Crippen LogP contribution < -0.4 is 0 Å². The monoisotopic (exact) mass is 222 g/mol. The summed E-state index contributed by atoms with van der Waals surface area (Å²) >= 11 is 4.71. The van der Waals surface area contributed by atoms with E-state index in [1.165, 1.54) is 12.1 Å². The van der Waals surface area contributed by atoms with E-state index in [4.69, 9.17) is 16.6 Å². The highest BCUT2D eigenvalue weighted by molar-refractivity contribution is 7.71. The van der Waals surface area contributed by atoms with Crippen molar-refractivity contribution in [3.05, 3.63) is 46.4 Å². The van der Waals surface area contributed by atoms with Crippen molar-refractivity contribution >= 4 is 24.4 Å². The molecule has 0 atom stereocenters. The lowest BCUT2D eigenvalue weighted by Crippen LogP contribution is -1.75. The molecule has 2 aromatic rings. The maximum Gasteiger partial charge on any atom is 0.284 e. The van der Waals surface area contributed by atoms with Crippen LogP contribution in [0, 0.1) is 10.7 Å². The van der Waals surface area contributed by atoms with Crippen LogP contribution in [0.1, 0.15) is 11.5 Å². The number of nitrogens with one attached hydrogen (secondary N) is 1. The number of hydrogen-bond acceptors (Lipinski definition) is 3. The molecular weight excluding hydrogens is 215 g/mol. The zero-order valence-corrected chi connectivity index (χ0v) is 8.42. The molecule has 1 aromatic heterocycles. The summed E-state index contributed by atoms with van der Waals surface area (Å²) in [5.74, 6) is 0.133. The Hall–Kier alpha value is -1.75. The molecule has 0 fully saturated rings. The Morgan fingerprint density at radius 3 is 2.60 bits per heavy atom. The smallest absolute Gasteiger partial charge is 0.284 e. The highest BCUT2D eigenvalue weighted by Crippen LogP contribution is 2.07. The maximum atomic E-state index is 12.6. The highest BCUT2D eigenvalue weighted by atomic mass is 32.1. The van der Waals surface area contributed by atoms with Crippen LogP contribution >= 0.6 is 12.2 Å². The van der Waals surface area contributed by atoms with Crippen molar-refractivity contribution in [2.24, 2.45) is 0 Å². The number of halogens is 1. The van der Waals surface area contributed by atoms with Crippen LogP contribution in [-0.4, -0.2) is 10.2 Å². The van der Waals surface area contributed by atoms with E-state index in [-0.39, 0.29) is 10.7 Å². The zero-order chi connectivity index (χ0) is 10.7. The van der Waals surface area contributed by atoms with Crippen molar-refractivity contribution in [1.82, 2.24) is 10.2 Å². The minimum Gasteiger partial charge on any atom is -0.410 e. The van der Waals surface area contributed by atoms with Gasteiger partial charge in [0.1, 0.15) is 5.82 Å². The summed E-state index contributed by atoms with van der Waals surface area (Å²) in [6.45, 7) is 0. The van der Waals surface area contributed by atoms with Crippen molar-refractivity contribution in [2.75, 3.05) is 0 Å². The molecule has 0 spiro atoms. The molecule has 0 aliphatic carbocycles. The summed E-state index contributed by atoms with van der Waals surface area (Å²) in [6, 6.07) is 6.10. The molecule has 0 bridgehead atoms. The van der Waals surface area contributed by atoms with Crippen LogP contribution in [0.15, 0.2) is 28.7 Å². The van der Waals surface area contributed by atoms with E-state index < -0.39 is 0 Å². The van der Waals surface area contributed by atoms with Gasteiger partial charge in [0.15, 0.2) is 0 Å². The Morgan fingerprint density at radius 1 is 1.27 bits per heavy atom. The first-order valence-corrected chi connectivity index (χ1v) is 4.64. The van der Waals surface area contributed by atoms with Gasteiger partial charge in [0.25, 0.3) is 4.84 Å². The van der Waals surface area contributed by atoms with E-state index in [1.807, 2.05) is 0 Å². The fraction of sp³-hybridized carbons (Fsp3) is 0. The van der Waals surface area contributed by atoms with Crippen LogP contribution in [0.25, 0.3) is 12.2 Å². The summed E-state index contributed by atoms with van der Waals surface area (Å²) in [5, 5.41) is 6.29. The molecule has 0 amide bonds. The summed E-state index contributed by atoms with van der Waals surface area (Å²) in [6.07, 6.45) is 3.41. The third-order valence-corrected chi connectivity index (χ3v) is 1.92. The number of nitrogens with zero attached hydrogens (tertiary/aromatic N) is 1. The predicted molar refractivity (Wildman–Crippen MR) is 57.0 cm³/mol. The molecule has 3 nitrogen and oxygen atoms in total. The van der Waals surface area contributed by atoms with Crippen molar-refractivity contribution in [1.29, 1.82) is 0 Å². The first-order chi connectivity index (χ1) is 7.24. The first-order valence-electron chi connectivity index (χ1n) is 4.23. The standard InChI is InChI=1S/C10H7FN2OS/c11-8-4-1-7(2-5-8)3-6-9-12-13-10(15)14-9/h1-6H,(H,13,15)/b6-3+. The third kappa shape index (κ3) is 2.60. The lowest BCUT2D eigenvalue weighted by atomic mass is 10.2. The van der Waals surface area contributed by atoms with E-state index >= 15 is 0 Å². The van der Waals surface area contributed by atoms with Gasteiger partial charge in [0.2, 0.25) is 5.89 Å². The molecule has 5 heteroatoms. The Labute approximate surface area is 90.3 Å².